The predicted octanol–water partition coefficient (Wildman–Crippen LogP) is 2.42. The van der Waals surface area contributed by atoms with Gasteiger partial charge in [0.2, 0.25) is 0 Å². The molecule has 0 unspecified atom stereocenters. The third-order valence-corrected chi connectivity index (χ3v) is 6.39. The molecule has 62 heavy (non-hydrogen) atoms. The second kappa shape index (κ2) is 44.0. The summed E-state index contributed by atoms with van der Waals surface area (Å²) in [5.41, 5.74) is 5.49. The minimum atomic E-state index is -1.12. The van der Waals surface area contributed by atoms with E-state index in [4.69, 9.17) is 0 Å². The number of carbonyl (C=O) groups excluding carboxylic acids is 4. The van der Waals surface area contributed by atoms with Crippen LogP contribution in [-0.4, -0.2) is 90.8 Å². The van der Waals surface area contributed by atoms with Crippen molar-refractivity contribution in [3.63, 3.8) is 0 Å². The summed E-state index contributed by atoms with van der Waals surface area (Å²) in [5.74, 6) is -4.47. The third-order valence-electron chi connectivity index (χ3n) is 6.39. The number of aryl methyl sites for hydroxylation is 4. The van der Waals surface area contributed by atoms with Crippen LogP contribution in [0.2, 0.25) is 0 Å². The molecule has 4 rings (SSSR count). The van der Waals surface area contributed by atoms with Crippen molar-refractivity contribution in [1.82, 2.24) is 0 Å². The van der Waals surface area contributed by atoms with Crippen LogP contribution in [0, 0.1) is 0 Å². The van der Waals surface area contributed by atoms with Gasteiger partial charge in [-0.2, -0.15) is 0 Å². The predicted molar refractivity (Wildman–Crippen MR) is 241 cm³/mol. The topological polar surface area (TPSA) is 229 Å². The summed E-state index contributed by atoms with van der Waals surface area (Å²) >= 11 is 0. The molecule has 4 aromatic carbocycles. The fourth-order valence-corrected chi connectivity index (χ4v) is 3.51. The molecular formula is C44H60Cu2O12S4. The van der Waals surface area contributed by atoms with Gasteiger partial charge in [0.05, 0.1) is 23.9 Å². The number of hydrogen-bond donors (Lipinski definition) is 0. The molecule has 0 heterocycles. The van der Waals surface area contributed by atoms with Gasteiger partial charge < -0.3 is 39.6 Å². The van der Waals surface area contributed by atoms with E-state index >= 15 is 0 Å². The Morgan fingerprint density at radius 3 is 0.484 bits per heavy atom. The van der Waals surface area contributed by atoms with E-state index in [0.29, 0.717) is 0 Å². The van der Waals surface area contributed by atoms with Crippen LogP contribution in [-0.2, 0) is 103 Å². The second-order valence-corrected chi connectivity index (χ2v) is 18.3. The Kier molecular flexibility index (Phi) is 49.8. The summed E-state index contributed by atoms with van der Waals surface area (Å²) in [4.78, 5) is 41.2. The standard InChI is InChI=1S/4C9H10O2.4C2H6OS.2Cu/c4*1-2-7-3-5-8(6-4-7)9(10)11;4*1-4(2)3;;/h4*3-6H,2H2,1H3,(H,10,11);4*1-2H3;;/q;;;;;;;;2*+2/p-4. The maximum absolute atomic E-state index is 10.3. The molecule has 0 aliphatic carbocycles. The Balaban J connectivity index is -0.000000150. The molecule has 0 bridgehead atoms. The Labute approximate surface area is 399 Å². The molecular weight excluding hydrogens is 976 g/mol. The van der Waals surface area contributed by atoms with Crippen LogP contribution in [0.5, 0.6) is 0 Å². The molecule has 0 aliphatic heterocycles. The molecule has 4 aromatic rings. The molecule has 0 atom stereocenters. The van der Waals surface area contributed by atoms with E-state index < -0.39 is 67.1 Å². The van der Waals surface area contributed by atoms with Gasteiger partial charge in [-0.25, -0.2) is 0 Å². The minimum absolute atomic E-state index is 0. The second-order valence-electron chi connectivity index (χ2n) is 12.3. The van der Waals surface area contributed by atoms with Crippen molar-refractivity contribution in [1.29, 1.82) is 0 Å². The van der Waals surface area contributed by atoms with E-state index in [-0.39, 0.29) is 56.4 Å². The van der Waals surface area contributed by atoms with Crippen molar-refractivity contribution >= 4 is 67.1 Å². The number of rotatable bonds is 8. The van der Waals surface area contributed by atoms with Crippen molar-refractivity contribution in [2.24, 2.45) is 0 Å². The van der Waals surface area contributed by atoms with Gasteiger partial charge in [0.25, 0.3) is 0 Å². The van der Waals surface area contributed by atoms with Crippen molar-refractivity contribution in [3.05, 3.63) is 142 Å². The summed E-state index contributed by atoms with van der Waals surface area (Å²) in [6.45, 7) is 8.09. The van der Waals surface area contributed by atoms with Crippen molar-refractivity contribution in [2.45, 2.75) is 53.4 Å². The third kappa shape index (κ3) is 47.4. The molecule has 0 saturated heterocycles. The average molecular weight is 1040 g/mol. The monoisotopic (exact) mass is 1030 g/mol. The molecule has 18 heteroatoms. The van der Waals surface area contributed by atoms with Crippen molar-refractivity contribution in [3.8, 4) is 0 Å². The normalized spacial score (nSPS) is 9.03. The molecule has 12 nitrogen and oxygen atoms in total. The van der Waals surface area contributed by atoms with Crippen LogP contribution in [0.15, 0.2) is 97.1 Å². The maximum atomic E-state index is 10.3. The molecule has 0 aromatic heterocycles. The van der Waals surface area contributed by atoms with E-state index in [0.717, 1.165) is 47.9 Å². The van der Waals surface area contributed by atoms with Crippen molar-refractivity contribution < 1.29 is 90.6 Å². The van der Waals surface area contributed by atoms with Gasteiger partial charge in [-0.05, 0) is 70.2 Å². The van der Waals surface area contributed by atoms with Gasteiger partial charge in [0, 0.05) is 93.2 Å². The first-order valence-corrected chi connectivity index (χ1v) is 26.0. The number of carboxylic acid groups (broad SMARTS) is 4. The summed E-state index contributed by atoms with van der Waals surface area (Å²) < 4.78 is 38.2. The average Bonchev–Trinajstić information content (AvgIpc) is 3.18. The molecule has 0 spiro atoms. The van der Waals surface area contributed by atoms with Crippen LogP contribution in [0.3, 0.4) is 0 Å². The fraction of sp³-hybridized carbons (Fsp3) is 0.364. The summed E-state index contributed by atoms with van der Waals surface area (Å²) in [6.07, 6.45) is 16.8. The van der Waals surface area contributed by atoms with Gasteiger partial charge in [-0.15, -0.1) is 0 Å². The summed E-state index contributed by atoms with van der Waals surface area (Å²) in [6, 6.07) is 26.9. The van der Waals surface area contributed by atoms with Crippen LogP contribution < -0.4 is 20.4 Å². The van der Waals surface area contributed by atoms with Crippen LogP contribution in [0.4, 0.5) is 0 Å². The number of aromatic carboxylic acids is 4. The number of benzene rings is 4. The summed E-state index contributed by atoms with van der Waals surface area (Å²) in [7, 11) is -2.44. The fourth-order valence-electron chi connectivity index (χ4n) is 3.51. The Morgan fingerprint density at radius 2 is 0.419 bits per heavy atom. The van der Waals surface area contributed by atoms with Gasteiger partial charge in [0.1, 0.15) is 0 Å². The first-order valence-electron chi connectivity index (χ1n) is 18.1. The molecule has 0 N–H and O–H groups in total. The maximum Gasteiger partial charge on any atom is 2.00 e. The largest absolute Gasteiger partial charge is 2.00 e. The quantitative estimate of drug-likeness (QED) is 0.232. The van der Waals surface area contributed by atoms with Gasteiger partial charge in [0.15, 0.2) is 0 Å². The SMILES string of the molecule is CCc1ccc(C(=O)[O-])cc1.CCc1ccc(C(=O)[O-])cc1.CCc1ccc(C(=O)[O-])cc1.CCc1ccc(C(=O)[O-])cc1.CS(C)=O.CS(C)=O.CS(C)=O.CS(C)=O.[Cu+2].[Cu+2]. The van der Waals surface area contributed by atoms with Crippen molar-refractivity contribution in [2.75, 3.05) is 50.0 Å². The van der Waals surface area contributed by atoms with E-state index in [1.54, 1.807) is 147 Å². The Hall–Kier alpha value is -3.60. The zero-order valence-corrected chi connectivity index (χ0v) is 42.4. The van der Waals surface area contributed by atoms with E-state index in [1.807, 2.05) is 27.7 Å². The van der Waals surface area contributed by atoms with Crippen LogP contribution >= 0.6 is 0 Å². The Morgan fingerprint density at radius 1 is 0.323 bits per heavy atom. The molecule has 0 fully saturated rings. The van der Waals surface area contributed by atoms with Crippen LogP contribution in [0.1, 0.15) is 91.4 Å². The minimum Gasteiger partial charge on any atom is -0.545 e. The van der Waals surface area contributed by atoms with Gasteiger partial charge in [-0.3, -0.25) is 16.8 Å². The first-order chi connectivity index (χ1) is 27.9. The molecule has 354 valence electrons. The number of carboxylic acids is 4. The van der Waals surface area contributed by atoms with E-state index in [2.05, 4.69) is 0 Å². The zero-order valence-electron chi connectivity index (χ0n) is 37.2. The molecule has 0 amide bonds. The Bertz CT molecular complexity index is 1600. The van der Waals surface area contributed by atoms with Gasteiger partial charge >= 0.3 is 34.1 Å². The van der Waals surface area contributed by atoms with Crippen LogP contribution in [0.25, 0.3) is 0 Å². The zero-order chi connectivity index (χ0) is 47.4. The van der Waals surface area contributed by atoms with Gasteiger partial charge in [-0.1, -0.05) is 125 Å². The smallest absolute Gasteiger partial charge is 0.545 e. The van der Waals surface area contributed by atoms with E-state index in [9.17, 15) is 56.4 Å². The van der Waals surface area contributed by atoms with E-state index in [1.165, 1.54) is 0 Å². The molecule has 2 radical (unpaired) electrons. The molecule has 0 aliphatic rings. The number of hydrogen-bond acceptors (Lipinski definition) is 12. The number of carbonyl (C=O) groups is 4. The first kappa shape index (κ1) is 70.1. The molecule has 0 saturated carbocycles. The summed E-state index contributed by atoms with van der Waals surface area (Å²) in [5, 5.41) is 41.2.